The third kappa shape index (κ3) is 3.72. The molecule has 0 amide bonds. The first-order valence-electron chi connectivity index (χ1n) is 5.88. The number of hydrogen-bond acceptors (Lipinski definition) is 4. The van der Waals surface area contributed by atoms with E-state index >= 15 is 0 Å². The van der Waals surface area contributed by atoms with E-state index < -0.39 is 17.2 Å². The van der Waals surface area contributed by atoms with Crippen LogP contribution < -0.4 is 0 Å². The summed E-state index contributed by atoms with van der Waals surface area (Å²) in [5.41, 5.74) is -0.687. The number of allylic oxidation sites excluding steroid dienone is 3. The normalized spacial score (nSPS) is 18.9. The summed E-state index contributed by atoms with van der Waals surface area (Å²) in [7, 11) is 0. The number of hydrogen-bond donors (Lipinski definition) is 0. The highest BCUT2D eigenvalue weighted by atomic mass is 16.7. The fourth-order valence-corrected chi connectivity index (χ4v) is 1.68. The molecule has 4 heteroatoms. The van der Waals surface area contributed by atoms with Crippen LogP contribution in [0.25, 0.3) is 0 Å². The van der Waals surface area contributed by atoms with Gasteiger partial charge in [0.05, 0.1) is 0 Å². The summed E-state index contributed by atoms with van der Waals surface area (Å²) in [6.07, 6.45) is 2.42. The molecule has 1 aliphatic carbocycles. The molecule has 0 aliphatic heterocycles. The molecule has 0 fully saturated rings. The summed E-state index contributed by atoms with van der Waals surface area (Å²) in [5.74, 6) is 0.380. The van der Waals surface area contributed by atoms with Crippen LogP contribution in [0, 0.1) is 5.41 Å². The molecule has 0 saturated carbocycles. The predicted molar refractivity (Wildman–Crippen MR) is 67.9 cm³/mol. The Kier molecular flexibility index (Phi) is 3.70. The molecular weight excluding hydrogens is 232 g/mol. The fraction of sp³-hybridized carbons (Fsp3) is 0.571. The highest BCUT2D eigenvalue weighted by Gasteiger charge is 2.31. The average Bonchev–Trinajstić information content (AvgIpc) is 2.09. The Labute approximate surface area is 108 Å². The second-order valence-electron chi connectivity index (χ2n) is 5.99. The van der Waals surface area contributed by atoms with E-state index in [1.807, 2.05) is 0 Å². The van der Waals surface area contributed by atoms with Crippen molar-refractivity contribution in [2.45, 2.75) is 47.1 Å². The van der Waals surface area contributed by atoms with Crippen molar-refractivity contribution >= 4 is 11.9 Å². The summed E-state index contributed by atoms with van der Waals surface area (Å²) in [6.45, 7) is 10.6. The average molecular weight is 252 g/mol. The Morgan fingerprint density at radius 1 is 1.28 bits per heavy atom. The number of carbonyl (C=O) groups excluding carboxylic acids is 2. The van der Waals surface area contributed by atoms with Crippen molar-refractivity contribution in [2.24, 2.45) is 5.41 Å². The number of ketones is 1. The Morgan fingerprint density at radius 3 is 2.28 bits per heavy atom. The second kappa shape index (κ2) is 4.59. The van der Waals surface area contributed by atoms with Crippen LogP contribution in [-0.4, -0.2) is 17.5 Å². The van der Waals surface area contributed by atoms with Crippen molar-refractivity contribution in [3.63, 3.8) is 0 Å². The zero-order valence-electron chi connectivity index (χ0n) is 11.8. The molecule has 0 radical (unpaired) electrons. The summed E-state index contributed by atoms with van der Waals surface area (Å²) in [4.78, 5) is 23.3. The van der Waals surface area contributed by atoms with Crippen LogP contribution >= 0.6 is 0 Å². The predicted octanol–water partition coefficient (Wildman–Crippen LogP) is 3.38. The molecule has 0 atom stereocenters. The zero-order valence-corrected chi connectivity index (χ0v) is 11.8. The van der Waals surface area contributed by atoms with Crippen molar-refractivity contribution in [1.82, 2.24) is 0 Å². The summed E-state index contributed by atoms with van der Waals surface area (Å²) in [6, 6.07) is 0. The van der Waals surface area contributed by atoms with E-state index in [2.05, 4.69) is 0 Å². The molecule has 0 spiro atoms. The molecule has 1 aliphatic rings. The standard InChI is InChI=1S/C14H20O4/c1-9-7-10(8-14(5,6)11(9)15)17-12(16)18-13(2,3)4/h7-8H,1-6H3. The largest absolute Gasteiger partial charge is 0.514 e. The van der Waals surface area contributed by atoms with E-state index in [-0.39, 0.29) is 5.78 Å². The van der Waals surface area contributed by atoms with Crippen molar-refractivity contribution < 1.29 is 19.1 Å². The van der Waals surface area contributed by atoms with Gasteiger partial charge < -0.3 is 9.47 Å². The Balaban J connectivity index is 2.81. The van der Waals surface area contributed by atoms with Gasteiger partial charge in [0.1, 0.15) is 11.4 Å². The van der Waals surface area contributed by atoms with Gasteiger partial charge in [0.25, 0.3) is 0 Å². The van der Waals surface area contributed by atoms with Crippen LogP contribution in [0.15, 0.2) is 23.5 Å². The van der Waals surface area contributed by atoms with Gasteiger partial charge in [-0.15, -0.1) is 0 Å². The van der Waals surface area contributed by atoms with Crippen LogP contribution in [-0.2, 0) is 14.3 Å². The summed E-state index contributed by atoms with van der Waals surface area (Å²) in [5, 5.41) is 0. The molecular formula is C14H20O4. The van der Waals surface area contributed by atoms with Gasteiger partial charge >= 0.3 is 6.16 Å². The second-order valence-corrected chi connectivity index (χ2v) is 5.99. The quantitative estimate of drug-likeness (QED) is 0.671. The van der Waals surface area contributed by atoms with Gasteiger partial charge in [0, 0.05) is 5.41 Å². The monoisotopic (exact) mass is 252 g/mol. The zero-order chi connectivity index (χ0) is 14.1. The van der Waals surface area contributed by atoms with Crippen LogP contribution in [0.1, 0.15) is 41.5 Å². The van der Waals surface area contributed by atoms with Crippen LogP contribution in [0.4, 0.5) is 4.79 Å². The lowest BCUT2D eigenvalue weighted by Crippen LogP contribution is -2.28. The minimum atomic E-state index is -0.761. The molecule has 4 nitrogen and oxygen atoms in total. The highest BCUT2D eigenvalue weighted by Crippen LogP contribution is 2.30. The van der Waals surface area contributed by atoms with Gasteiger partial charge in [-0.1, -0.05) is 0 Å². The maximum atomic E-state index is 11.8. The van der Waals surface area contributed by atoms with E-state index in [1.54, 1.807) is 53.7 Å². The third-order valence-corrected chi connectivity index (χ3v) is 2.40. The Hall–Kier alpha value is -1.58. The van der Waals surface area contributed by atoms with Gasteiger partial charge in [0.2, 0.25) is 0 Å². The van der Waals surface area contributed by atoms with Gasteiger partial charge in [-0.2, -0.15) is 0 Å². The SMILES string of the molecule is CC1=CC(OC(=O)OC(C)(C)C)=CC(C)(C)C1=O. The van der Waals surface area contributed by atoms with Gasteiger partial charge in [0.15, 0.2) is 5.78 Å². The van der Waals surface area contributed by atoms with Crippen LogP contribution in [0.3, 0.4) is 0 Å². The number of ether oxygens (including phenoxy) is 2. The van der Waals surface area contributed by atoms with Crippen LogP contribution in [0.5, 0.6) is 0 Å². The minimum Gasteiger partial charge on any atom is -0.428 e. The molecule has 0 bridgehead atoms. The molecule has 0 unspecified atom stereocenters. The van der Waals surface area contributed by atoms with E-state index in [1.165, 1.54) is 0 Å². The smallest absolute Gasteiger partial charge is 0.428 e. The van der Waals surface area contributed by atoms with Crippen molar-refractivity contribution in [3.8, 4) is 0 Å². The number of carbonyl (C=O) groups is 2. The summed E-state index contributed by atoms with van der Waals surface area (Å²) >= 11 is 0. The van der Waals surface area contributed by atoms with E-state index in [4.69, 9.17) is 9.47 Å². The topological polar surface area (TPSA) is 52.6 Å². The lowest BCUT2D eigenvalue weighted by Gasteiger charge is -2.25. The lowest BCUT2D eigenvalue weighted by atomic mass is 9.80. The molecule has 0 aromatic heterocycles. The Morgan fingerprint density at radius 2 is 1.83 bits per heavy atom. The maximum absolute atomic E-state index is 11.8. The molecule has 1 rings (SSSR count). The van der Waals surface area contributed by atoms with Gasteiger partial charge in [-0.25, -0.2) is 4.79 Å². The lowest BCUT2D eigenvalue weighted by molar-refractivity contribution is -0.121. The van der Waals surface area contributed by atoms with E-state index in [0.29, 0.717) is 11.3 Å². The highest BCUT2D eigenvalue weighted by molar-refractivity contribution is 6.01. The first kappa shape index (κ1) is 14.5. The fourth-order valence-electron chi connectivity index (χ4n) is 1.68. The number of rotatable bonds is 1. The minimum absolute atomic E-state index is 0.0269. The Bertz CT molecular complexity index is 433. The van der Waals surface area contributed by atoms with Gasteiger partial charge in [-0.05, 0) is 59.3 Å². The van der Waals surface area contributed by atoms with Crippen molar-refractivity contribution in [2.75, 3.05) is 0 Å². The summed E-state index contributed by atoms with van der Waals surface area (Å²) < 4.78 is 10.1. The molecule has 0 aromatic rings. The van der Waals surface area contributed by atoms with E-state index in [0.717, 1.165) is 0 Å². The molecule has 0 saturated heterocycles. The molecule has 18 heavy (non-hydrogen) atoms. The molecule has 0 aromatic carbocycles. The van der Waals surface area contributed by atoms with Crippen molar-refractivity contribution in [1.29, 1.82) is 0 Å². The molecule has 100 valence electrons. The molecule has 0 heterocycles. The first-order valence-corrected chi connectivity index (χ1v) is 5.88. The molecule has 0 N–H and O–H groups in total. The third-order valence-electron chi connectivity index (χ3n) is 2.40. The maximum Gasteiger partial charge on any atom is 0.514 e. The number of Topliss-reactive ketones (excluding diaryl/α,β-unsaturated/α-hetero) is 1. The van der Waals surface area contributed by atoms with Crippen LogP contribution in [0.2, 0.25) is 0 Å². The first-order chi connectivity index (χ1) is 8.01. The van der Waals surface area contributed by atoms with Gasteiger partial charge in [-0.3, -0.25) is 4.79 Å². The van der Waals surface area contributed by atoms with Crippen molar-refractivity contribution in [3.05, 3.63) is 23.5 Å². The van der Waals surface area contributed by atoms with E-state index in [9.17, 15) is 9.59 Å².